The molecule has 8 rings (SSSR count). The molecule has 6 heterocycles. The van der Waals surface area contributed by atoms with E-state index in [0.717, 1.165) is 25.0 Å². The van der Waals surface area contributed by atoms with Crippen LogP contribution in [0.25, 0.3) is 44.8 Å². The lowest BCUT2D eigenvalue weighted by atomic mass is 9.98. The van der Waals surface area contributed by atoms with Crippen molar-refractivity contribution in [2.24, 2.45) is 25.9 Å². The van der Waals surface area contributed by atoms with Crippen molar-refractivity contribution in [3.05, 3.63) is 88.7 Å². The molecular weight excluding hydrogens is 1210 g/mol. The van der Waals surface area contributed by atoms with E-state index in [1.165, 1.54) is 42.2 Å². The van der Waals surface area contributed by atoms with E-state index in [2.05, 4.69) is 34.8 Å². The smallest absolute Gasteiger partial charge is 0.305 e. The number of carbonyl (C=O) groups excluding carboxylic acids is 1. The second-order valence-electron chi connectivity index (χ2n) is 21.1. The van der Waals surface area contributed by atoms with Crippen LogP contribution in [0.4, 0.5) is 0 Å². The van der Waals surface area contributed by atoms with Crippen LogP contribution in [0.15, 0.2) is 55.8 Å². The summed E-state index contributed by atoms with van der Waals surface area (Å²) in [5, 5.41) is 44.0. The topological polar surface area (TPSA) is 409 Å². The summed E-state index contributed by atoms with van der Waals surface area (Å²) in [6.07, 6.45) is 7.54. The number of ether oxygens (including phenoxy) is 3. The van der Waals surface area contributed by atoms with Gasteiger partial charge in [-0.25, -0.2) is 26.8 Å². The maximum Gasteiger partial charge on any atom is 0.305 e. The number of hydrogen-bond acceptors (Lipinski definition) is 22. The number of carboxylic acid groups (broad SMARTS) is 1. The van der Waals surface area contributed by atoms with Crippen molar-refractivity contribution >= 4 is 54.1 Å². The van der Waals surface area contributed by atoms with E-state index in [1.807, 2.05) is 27.7 Å². The van der Waals surface area contributed by atoms with Gasteiger partial charge in [0, 0.05) is 59.7 Å². The Labute approximate surface area is 513 Å². The Morgan fingerprint density at radius 2 is 1.07 bits per heavy atom. The van der Waals surface area contributed by atoms with Crippen molar-refractivity contribution in [2.45, 2.75) is 127 Å². The number of aliphatic hydroxyl groups excluding tert-OH is 1. The number of H-pyrrole nitrogens is 2. The molecule has 31 nitrogen and oxygen atoms in total. The minimum atomic E-state index is -3.82. The fourth-order valence-electron chi connectivity index (χ4n) is 9.97. The third kappa shape index (κ3) is 18.7. The highest BCUT2D eigenvalue weighted by atomic mass is 32.2. The number of unbranched alkanes of at least 4 members (excludes halogenated alkanes) is 2. The van der Waals surface area contributed by atoms with E-state index in [1.54, 1.807) is 26.2 Å². The number of rotatable bonds is 33. The SMILES string of the molecule is CCCc1nn(C)c2c(=O)[nH]c(-c3cc(S(=O)(=O)N4CC(CCCO)C4)ccc3OCC)nc12.CCCc1nn(C)c2c(=O)[nH]c(-c3cc(S(=O)(=O)N4CC(CCCOC(=O)CCCCO[N+](=O)[O-])C4)ccc3OCC)nc12.O=C(O)CCCCO[N+](=O)[O-]. The molecule has 2 aromatic carbocycles. The molecule has 33 heteroatoms. The molecule has 0 amide bonds. The molecule has 89 heavy (non-hydrogen) atoms. The number of aryl methyl sites for hydroxylation is 4. The lowest BCUT2D eigenvalue weighted by Gasteiger charge is -2.38. The predicted octanol–water partition coefficient (Wildman–Crippen LogP) is 5.51. The molecular formula is C56H78N12O19S2. The highest BCUT2D eigenvalue weighted by Gasteiger charge is 2.38. The lowest BCUT2D eigenvalue weighted by Crippen LogP contribution is -2.49. The van der Waals surface area contributed by atoms with Crippen LogP contribution < -0.4 is 20.6 Å². The lowest BCUT2D eigenvalue weighted by molar-refractivity contribution is -0.757. The summed E-state index contributed by atoms with van der Waals surface area (Å²) in [6, 6.07) is 9.19. The number of aliphatic hydroxyl groups is 1. The molecule has 4 N–H and O–H groups in total. The molecule has 4 aromatic heterocycles. The first-order valence-corrected chi connectivity index (χ1v) is 32.3. The van der Waals surface area contributed by atoms with Crippen LogP contribution in [0.5, 0.6) is 11.5 Å². The molecule has 2 saturated heterocycles. The highest BCUT2D eigenvalue weighted by Crippen LogP contribution is 2.36. The fourth-order valence-corrected chi connectivity index (χ4v) is 13.2. The number of aliphatic carboxylic acids is 1. The maximum absolute atomic E-state index is 13.5. The van der Waals surface area contributed by atoms with Crippen LogP contribution in [0.1, 0.15) is 116 Å². The van der Waals surface area contributed by atoms with Crippen LogP contribution >= 0.6 is 0 Å². The molecule has 0 bridgehead atoms. The molecule has 0 unspecified atom stereocenters. The van der Waals surface area contributed by atoms with Crippen LogP contribution in [-0.2, 0) is 71.0 Å². The van der Waals surface area contributed by atoms with Crippen molar-refractivity contribution in [3.63, 3.8) is 0 Å². The fraction of sp³-hybridized carbons (Fsp3) is 0.571. The number of sulfonamides is 2. The van der Waals surface area contributed by atoms with E-state index >= 15 is 0 Å². The molecule has 2 aliphatic heterocycles. The van der Waals surface area contributed by atoms with Crippen molar-refractivity contribution < 1.29 is 70.7 Å². The van der Waals surface area contributed by atoms with E-state index in [9.17, 15) is 56.2 Å². The van der Waals surface area contributed by atoms with Crippen molar-refractivity contribution in [3.8, 4) is 34.3 Å². The van der Waals surface area contributed by atoms with Crippen LogP contribution in [-0.4, -0.2) is 163 Å². The Balaban J connectivity index is 0.000000248. The minimum absolute atomic E-state index is 0.0275. The standard InChI is InChI=1S/C28H38N6O9S.C23H31N5O5S.C5H9NO5/c1-4-9-22-25-26(32(3)31-22)28(36)30-27(29-25)21-16-20(12-13-23(21)41-5-2)44(39,40)33-17-19(18-33)10-8-14-42-24(35)11-6-7-15-43-34(37)38;1-4-7-18-20-21(27(3)26-18)23(30)25-22(24-20)17-12-16(9-10-19(17)33-5-2)34(31,32)28-13-15(14-28)8-6-11-29;7-5(8)3-1-2-4-11-6(9)10/h12-13,16,19H,4-11,14-15,17-18H2,1-3H3,(H,29,30,36);9-10,12,15,29H,4-8,11,13-14H2,1-3H3,(H,24,25,30);1-4H2,(H,7,8). The van der Waals surface area contributed by atoms with Gasteiger partial charge in [0.25, 0.3) is 21.3 Å². The van der Waals surface area contributed by atoms with E-state index in [4.69, 9.17) is 29.4 Å². The average molecular weight is 1290 g/mol. The number of hydrogen-bond donors (Lipinski definition) is 4. The van der Waals surface area contributed by atoms with Gasteiger partial charge in [-0.05, 0) is 126 Å². The molecule has 488 valence electrons. The monoisotopic (exact) mass is 1290 g/mol. The van der Waals surface area contributed by atoms with Crippen molar-refractivity contribution in [2.75, 3.05) is 65.8 Å². The zero-order chi connectivity index (χ0) is 65.0. The molecule has 2 aliphatic rings. The van der Waals surface area contributed by atoms with Gasteiger partial charge in [0.05, 0.1) is 65.3 Å². The summed E-state index contributed by atoms with van der Waals surface area (Å²) in [5.41, 5.74) is 3.18. The van der Waals surface area contributed by atoms with Crippen molar-refractivity contribution in [1.29, 1.82) is 0 Å². The third-order valence-corrected chi connectivity index (χ3v) is 18.0. The number of carbonyl (C=O) groups is 2. The number of benzene rings is 2. The van der Waals surface area contributed by atoms with Crippen LogP contribution in [0, 0.1) is 32.1 Å². The van der Waals surface area contributed by atoms with Gasteiger partial charge in [0.2, 0.25) is 20.0 Å². The molecule has 6 aromatic rings. The second kappa shape index (κ2) is 32.9. The van der Waals surface area contributed by atoms with Crippen LogP contribution in [0.2, 0.25) is 0 Å². The quantitative estimate of drug-likeness (QED) is 0.0171. The third-order valence-electron chi connectivity index (χ3n) is 14.4. The molecule has 2 fully saturated rings. The van der Waals surface area contributed by atoms with Gasteiger partial charge in [-0.2, -0.15) is 18.8 Å². The number of aromatic amines is 2. The van der Waals surface area contributed by atoms with Gasteiger partial charge in [-0.1, -0.05) is 26.7 Å². The molecule has 0 radical (unpaired) electrons. The average Bonchev–Trinajstić information content (AvgIpc) is 1.77. The maximum atomic E-state index is 13.5. The van der Waals surface area contributed by atoms with E-state index in [0.29, 0.717) is 148 Å². The zero-order valence-electron chi connectivity index (χ0n) is 50.7. The summed E-state index contributed by atoms with van der Waals surface area (Å²) in [6.45, 7) is 10.2. The largest absolute Gasteiger partial charge is 0.493 e. The first kappa shape index (κ1) is 70.0. The number of nitrogens with zero attached hydrogens (tertiary/aromatic N) is 10. The minimum Gasteiger partial charge on any atom is -0.493 e. The zero-order valence-corrected chi connectivity index (χ0v) is 52.3. The molecule has 0 atom stereocenters. The highest BCUT2D eigenvalue weighted by molar-refractivity contribution is 7.89. The van der Waals surface area contributed by atoms with E-state index < -0.39 is 36.2 Å². The first-order chi connectivity index (χ1) is 42.5. The normalized spacial score (nSPS) is 13.8. The second-order valence-corrected chi connectivity index (χ2v) is 24.9. The predicted molar refractivity (Wildman–Crippen MR) is 322 cm³/mol. The van der Waals surface area contributed by atoms with Gasteiger partial charge in [0.1, 0.15) is 34.2 Å². The summed E-state index contributed by atoms with van der Waals surface area (Å²) < 4.78 is 76.1. The van der Waals surface area contributed by atoms with E-state index in [-0.39, 0.29) is 89.6 Å². The number of aromatic nitrogens is 8. The number of fused-ring (bicyclic) bond motifs is 2. The molecule has 0 saturated carbocycles. The Kier molecular flexibility index (Phi) is 25.9. The summed E-state index contributed by atoms with van der Waals surface area (Å²) in [7, 11) is -4.14. The van der Waals surface area contributed by atoms with Gasteiger partial charge < -0.3 is 44.1 Å². The Morgan fingerprint density at radius 3 is 1.46 bits per heavy atom. The van der Waals surface area contributed by atoms with Gasteiger partial charge in [-0.15, -0.1) is 20.2 Å². The Morgan fingerprint density at radius 1 is 0.640 bits per heavy atom. The Hall–Kier alpha value is -8.14. The summed E-state index contributed by atoms with van der Waals surface area (Å²) in [4.78, 5) is 90.6. The van der Waals surface area contributed by atoms with Crippen molar-refractivity contribution in [1.82, 2.24) is 48.1 Å². The van der Waals surface area contributed by atoms with Gasteiger partial charge in [0.15, 0.2) is 11.0 Å². The number of nitrogens with one attached hydrogen (secondary N) is 2. The summed E-state index contributed by atoms with van der Waals surface area (Å²) >= 11 is 0. The van der Waals surface area contributed by atoms with Gasteiger partial charge >= 0.3 is 11.9 Å². The molecule has 0 spiro atoms. The summed E-state index contributed by atoms with van der Waals surface area (Å²) in [5.74, 6) is 0.397. The Bertz CT molecular complexity index is 3750. The number of carboxylic acids is 1. The molecule has 0 aliphatic carbocycles. The first-order valence-electron chi connectivity index (χ1n) is 29.5. The van der Waals surface area contributed by atoms with Gasteiger partial charge in [-0.3, -0.25) is 28.5 Å². The van der Waals surface area contributed by atoms with Crippen LogP contribution in [0.3, 0.4) is 0 Å². The number of esters is 1.